The molecular weight excluding hydrogens is 371 g/mol. The van der Waals surface area contributed by atoms with Gasteiger partial charge >= 0.3 is 17.7 Å². The van der Waals surface area contributed by atoms with Crippen molar-refractivity contribution >= 4 is 17.6 Å². The molecule has 1 aliphatic carbocycles. The Hall–Kier alpha value is -2.38. The summed E-state index contributed by atoms with van der Waals surface area (Å²) in [6.07, 6.45) is -0.833. The van der Waals surface area contributed by atoms with Gasteiger partial charge in [0.25, 0.3) is 5.84 Å². The Balaban J connectivity index is 2.02. The van der Waals surface area contributed by atoms with Crippen LogP contribution in [0.5, 0.6) is 0 Å². The van der Waals surface area contributed by atoms with Gasteiger partial charge in [0, 0.05) is 5.92 Å². The van der Waals surface area contributed by atoms with Gasteiger partial charge in [-0.3, -0.25) is 10.1 Å². The number of alkyl halides is 3. The first-order valence-corrected chi connectivity index (χ1v) is 9.71. The minimum atomic E-state index is -4.99. The number of nitrogens with zero attached hydrogens (tertiary/aromatic N) is 1. The van der Waals surface area contributed by atoms with Crippen molar-refractivity contribution in [1.82, 2.24) is 10.2 Å². The van der Waals surface area contributed by atoms with E-state index in [2.05, 4.69) is 10.3 Å². The highest BCUT2D eigenvalue weighted by Crippen LogP contribution is 2.31. The fraction of sp³-hybridized carbons (Fsp3) is 0.550. The van der Waals surface area contributed by atoms with Crippen LogP contribution in [0.2, 0.25) is 0 Å². The number of hydrogen-bond donors (Lipinski definition) is 2. The van der Waals surface area contributed by atoms with Crippen molar-refractivity contribution in [1.29, 1.82) is 0 Å². The van der Waals surface area contributed by atoms with Gasteiger partial charge in [0.2, 0.25) is 5.91 Å². The predicted octanol–water partition coefficient (Wildman–Crippen LogP) is 1.72. The fourth-order valence-electron chi connectivity index (χ4n) is 3.86. The lowest BCUT2D eigenvalue weighted by atomic mass is 9.88. The molecule has 0 bridgehead atoms. The highest BCUT2D eigenvalue weighted by molar-refractivity contribution is 6.11. The molecule has 5 nitrogen and oxygen atoms in total. The van der Waals surface area contributed by atoms with E-state index in [1.165, 1.54) is 0 Å². The van der Waals surface area contributed by atoms with Gasteiger partial charge < -0.3 is 0 Å². The monoisotopic (exact) mass is 396 g/mol. The van der Waals surface area contributed by atoms with E-state index in [0.717, 1.165) is 24.2 Å². The smallest absolute Gasteiger partial charge is 0.297 e. The van der Waals surface area contributed by atoms with Gasteiger partial charge in [0.1, 0.15) is 0 Å². The normalized spacial score (nSPS) is 23.6. The molecule has 0 spiro atoms. The Morgan fingerprint density at radius 2 is 1.86 bits per heavy atom. The second-order valence-corrected chi connectivity index (χ2v) is 7.37. The van der Waals surface area contributed by atoms with Crippen LogP contribution in [-0.2, 0) is 9.59 Å². The van der Waals surface area contributed by atoms with Gasteiger partial charge in [0.05, 0.1) is 12.1 Å². The fourth-order valence-corrected chi connectivity index (χ4v) is 3.86. The van der Waals surface area contributed by atoms with Crippen LogP contribution in [0.1, 0.15) is 51.0 Å². The van der Waals surface area contributed by atoms with E-state index in [0.29, 0.717) is 24.8 Å². The third-order valence-electron chi connectivity index (χ3n) is 5.35. The molecule has 1 atom stereocenters. The molecule has 1 heterocycles. The molecule has 1 aromatic rings. The summed E-state index contributed by atoms with van der Waals surface area (Å²) in [4.78, 5) is 29.0. The van der Waals surface area contributed by atoms with Gasteiger partial charge in [-0.05, 0) is 31.4 Å². The van der Waals surface area contributed by atoms with Crippen LogP contribution in [-0.4, -0.2) is 40.9 Å². The third-order valence-corrected chi connectivity index (χ3v) is 5.35. The molecule has 1 aliphatic heterocycles. The summed E-state index contributed by atoms with van der Waals surface area (Å²) in [6.45, 7) is 1.90. The Morgan fingerprint density at radius 3 is 2.43 bits per heavy atom. The molecule has 2 aliphatic rings. The Morgan fingerprint density at radius 1 is 1.21 bits per heavy atom. The van der Waals surface area contributed by atoms with E-state index in [1.54, 1.807) is 37.3 Å². The Labute approximate surface area is 162 Å². The van der Waals surface area contributed by atoms with Crippen molar-refractivity contribution < 1.29 is 27.8 Å². The largest absolute Gasteiger partial charge is 0.465 e. The Bertz CT molecular complexity index is 758. The maximum absolute atomic E-state index is 14.2. The van der Waals surface area contributed by atoms with E-state index in [-0.39, 0.29) is 12.4 Å². The molecule has 0 radical (unpaired) electrons. The van der Waals surface area contributed by atoms with Crippen LogP contribution in [0.15, 0.2) is 30.3 Å². The van der Waals surface area contributed by atoms with E-state index < -0.39 is 29.6 Å². The van der Waals surface area contributed by atoms with Gasteiger partial charge in [-0.1, -0.05) is 44.4 Å². The summed E-state index contributed by atoms with van der Waals surface area (Å²) in [5.41, 5.74) is -2.68. The zero-order valence-electron chi connectivity index (χ0n) is 15.8. The lowest BCUT2D eigenvalue weighted by Gasteiger charge is -2.28. The predicted molar refractivity (Wildman–Crippen MR) is 97.0 cm³/mol. The minimum Gasteiger partial charge on any atom is -0.297 e. The second kappa shape index (κ2) is 7.93. The standard InChI is InChI=1S/C20H24F3N3O2/c1-2-13-26-16(14-9-5-3-6-10-14)24-19(18(26)28,20(21,22)23)25-17(27)15-11-7-4-8-12-15/h3,5-6,9-10,15H,2,4,7-8,11-13H2,1H3,(H,25,27)/p+1/t19-/m1/s1. The number of halogens is 3. The molecule has 0 saturated heterocycles. The maximum atomic E-state index is 14.2. The van der Waals surface area contributed by atoms with Crippen LogP contribution >= 0.6 is 0 Å². The number of carbonyl (C=O) groups excluding carboxylic acids is 2. The van der Waals surface area contributed by atoms with Crippen molar-refractivity contribution in [3.05, 3.63) is 35.9 Å². The van der Waals surface area contributed by atoms with E-state index >= 15 is 0 Å². The van der Waals surface area contributed by atoms with E-state index in [9.17, 15) is 22.8 Å². The quantitative estimate of drug-likeness (QED) is 0.796. The van der Waals surface area contributed by atoms with Gasteiger partial charge in [-0.25, -0.2) is 9.79 Å². The first kappa shape index (κ1) is 20.4. The van der Waals surface area contributed by atoms with Crippen molar-refractivity contribution in [2.75, 3.05) is 6.54 Å². The SMILES string of the molecule is CCCN1C(=O)[C@@](NC(=O)C2CCCCC2)(C(F)(F)F)[NH+]=C1c1ccccc1. The molecular formula is C20H25F3N3O2+. The summed E-state index contributed by atoms with van der Waals surface area (Å²) in [5.74, 6) is -2.34. The molecule has 2 N–H and O–H groups in total. The van der Waals surface area contributed by atoms with E-state index in [4.69, 9.17) is 0 Å². The zero-order chi connectivity index (χ0) is 20.4. The second-order valence-electron chi connectivity index (χ2n) is 7.37. The summed E-state index contributed by atoms with van der Waals surface area (Å²) in [7, 11) is 0. The van der Waals surface area contributed by atoms with Gasteiger partial charge in [0.15, 0.2) is 0 Å². The summed E-state index contributed by atoms with van der Waals surface area (Å²) >= 11 is 0. The van der Waals surface area contributed by atoms with Crippen molar-refractivity contribution in [2.24, 2.45) is 5.92 Å². The topological polar surface area (TPSA) is 63.4 Å². The average molecular weight is 396 g/mol. The van der Waals surface area contributed by atoms with Crippen LogP contribution in [0.3, 0.4) is 0 Å². The number of carbonyl (C=O) groups is 2. The molecule has 8 heteroatoms. The highest BCUT2D eigenvalue weighted by atomic mass is 19.4. The highest BCUT2D eigenvalue weighted by Gasteiger charge is 2.72. The lowest BCUT2D eigenvalue weighted by Crippen LogP contribution is -2.96. The summed E-state index contributed by atoms with van der Waals surface area (Å²) < 4.78 is 42.5. The molecule has 0 aromatic heterocycles. The van der Waals surface area contributed by atoms with Crippen LogP contribution < -0.4 is 10.3 Å². The molecule has 152 valence electrons. The van der Waals surface area contributed by atoms with Crippen LogP contribution in [0.4, 0.5) is 13.2 Å². The van der Waals surface area contributed by atoms with Crippen LogP contribution in [0.25, 0.3) is 0 Å². The van der Waals surface area contributed by atoms with Gasteiger partial charge in [-0.15, -0.1) is 0 Å². The number of rotatable bonds is 5. The first-order chi connectivity index (χ1) is 13.3. The van der Waals surface area contributed by atoms with Gasteiger partial charge in [-0.2, -0.15) is 18.1 Å². The molecule has 1 saturated carbocycles. The number of hydrogen-bond acceptors (Lipinski definition) is 2. The van der Waals surface area contributed by atoms with E-state index in [1.807, 2.05) is 0 Å². The molecule has 1 aromatic carbocycles. The molecule has 28 heavy (non-hydrogen) atoms. The Kier molecular flexibility index (Phi) is 5.76. The van der Waals surface area contributed by atoms with Crippen molar-refractivity contribution in [2.45, 2.75) is 57.3 Å². The third kappa shape index (κ3) is 3.64. The minimum absolute atomic E-state index is 0.0636. The molecule has 0 unspecified atom stereocenters. The maximum Gasteiger partial charge on any atom is 0.465 e. The van der Waals surface area contributed by atoms with Crippen molar-refractivity contribution in [3.8, 4) is 0 Å². The molecule has 2 amide bonds. The lowest BCUT2D eigenvalue weighted by molar-refractivity contribution is -0.581. The number of nitrogens with one attached hydrogen (secondary N) is 2. The van der Waals surface area contributed by atoms with Crippen molar-refractivity contribution in [3.63, 3.8) is 0 Å². The number of amides is 2. The summed E-state index contributed by atoms with van der Waals surface area (Å²) in [6, 6.07) is 8.38. The summed E-state index contributed by atoms with van der Waals surface area (Å²) in [5, 5.41) is 2.05. The first-order valence-electron chi connectivity index (χ1n) is 9.71. The van der Waals surface area contributed by atoms with Crippen LogP contribution in [0, 0.1) is 5.92 Å². The number of amidine groups is 1. The molecule has 1 fully saturated rings. The number of benzene rings is 1. The zero-order valence-corrected chi connectivity index (χ0v) is 15.8. The molecule has 3 rings (SSSR count). The average Bonchev–Trinajstić information content (AvgIpc) is 2.97.